The van der Waals surface area contributed by atoms with Crippen LogP contribution in [0.15, 0.2) is 53.4 Å². The largest absolute Gasteiger partial charge is 0.497 e. The van der Waals surface area contributed by atoms with Gasteiger partial charge in [-0.1, -0.05) is 30.3 Å². The molecule has 0 saturated heterocycles. The van der Waals surface area contributed by atoms with E-state index in [0.29, 0.717) is 11.3 Å². The normalized spacial score (nSPS) is 18.6. The molecule has 20 heavy (non-hydrogen) atoms. The molecule has 1 N–H and O–H groups in total. The van der Waals surface area contributed by atoms with Gasteiger partial charge < -0.3 is 10.1 Å². The molecule has 1 heterocycles. The Hall–Kier alpha value is -1.45. The second-order valence-corrected chi connectivity index (χ2v) is 6.29. The number of methoxy groups -OCH3 is 1. The number of rotatable bonds is 4. The Morgan fingerprint density at radius 3 is 2.55 bits per heavy atom. The molecule has 0 fully saturated rings. The van der Waals surface area contributed by atoms with Crippen LogP contribution in [0.3, 0.4) is 0 Å². The highest BCUT2D eigenvalue weighted by Crippen LogP contribution is 2.42. The maximum Gasteiger partial charge on any atom is 0.118 e. The monoisotopic (exact) mass is 285 g/mol. The van der Waals surface area contributed by atoms with Crippen molar-refractivity contribution in [1.82, 2.24) is 5.32 Å². The third kappa shape index (κ3) is 2.56. The van der Waals surface area contributed by atoms with Crippen molar-refractivity contribution in [3.8, 4) is 5.75 Å². The zero-order chi connectivity index (χ0) is 13.9. The number of nitrogens with one attached hydrogen (secondary N) is 1. The van der Waals surface area contributed by atoms with Gasteiger partial charge in [0.15, 0.2) is 0 Å². The molecule has 3 heteroatoms. The number of hydrogen-bond donors (Lipinski definition) is 1. The van der Waals surface area contributed by atoms with Crippen molar-refractivity contribution >= 4 is 11.8 Å². The molecule has 104 valence electrons. The van der Waals surface area contributed by atoms with Crippen LogP contribution in [0.25, 0.3) is 0 Å². The van der Waals surface area contributed by atoms with Crippen LogP contribution in [0, 0.1) is 0 Å². The van der Waals surface area contributed by atoms with Crippen molar-refractivity contribution in [3.05, 3.63) is 59.7 Å². The lowest BCUT2D eigenvalue weighted by molar-refractivity contribution is 0.414. The van der Waals surface area contributed by atoms with Gasteiger partial charge in [0, 0.05) is 16.2 Å². The Balaban J connectivity index is 1.81. The van der Waals surface area contributed by atoms with E-state index < -0.39 is 0 Å². The van der Waals surface area contributed by atoms with Crippen LogP contribution in [-0.4, -0.2) is 19.4 Å². The smallest absolute Gasteiger partial charge is 0.118 e. The van der Waals surface area contributed by atoms with E-state index in [2.05, 4.69) is 41.7 Å². The van der Waals surface area contributed by atoms with Crippen LogP contribution < -0.4 is 10.1 Å². The summed E-state index contributed by atoms with van der Waals surface area (Å²) in [5, 5.41) is 4.02. The molecule has 2 atom stereocenters. The number of thioether (sulfide) groups is 1. The number of benzene rings is 2. The summed E-state index contributed by atoms with van der Waals surface area (Å²) in [6.45, 7) is 0. The summed E-state index contributed by atoms with van der Waals surface area (Å²) >= 11 is 1.98. The Kier molecular flexibility index (Phi) is 3.99. The van der Waals surface area contributed by atoms with Gasteiger partial charge in [0.25, 0.3) is 0 Å². The minimum absolute atomic E-state index is 0.360. The van der Waals surface area contributed by atoms with Gasteiger partial charge in [-0.15, -0.1) is 11.8 Å². The van der Waals surface area contributed by atoms with Crippen LogP contribution in [0.1, 0.15) is 17.2 Å². The minimum atomic E-state index is 0.360. The van der Waals surface area contributed by atoms with E-state index in [1.807, 2.05) is 30.9 Å². The molecule has 0 saturated carbocycles. The van der Waals surface area contributed by atoms with E-state index in [-0.39, 0.29) is 0 Å². The van der Waals surface area contributed by atoms with E-state index >= 15 is 0 Å². The molecule has 0 spiro atoms. The summed E-state index contributed by atoms with van der Waals surface area (Å²) in [6, 6.07) is 17.5. The van der Waals surface area contributed by atoms with Crippen molar-refractivity contribution in [3.63, 3.8) is 0 Å². The highest BCUT2D eigenvalue weighted by Gasteiger charge is 2.29. The molecule has 3 rings (SSSR count). The average Bonchev–Trinajstić information content (AvgIpc) is 2.92. The van der Waals surface area contributed by atoms with Gasteiger partial charge in [0.2, 0.25) is 0 Å². The predicted molar refractivity (Wildman–Crippen MR) is 84.6 cm³/mol. The van der Waals surface area contributed by atoms with Gasteiger partial charge in [-0.2, -0.15) is 0 Å². The predicted octanol–water partition coefficient (Wildman–Crippen LogP) is 3.67. The highest BCUT2D eigenvalue weighted by molar-refractivity contribution is 8.00. The Labute approximate surface area is 124 Å². The maximum atomic E-state index is 5.23. The second kappa shape index (κ2) is 5.90. The van der Waals surface area contributed by atoms with E-state index in [0.717, 1.165) is 12.2 Å². The molecule has 2 aromatic carbocycles. The van der Waals surface area contributed by atoms with E-state index in [9.17, 15) is 0 Å². The molecule has 0 radical (unpaired) electrons. The first-order valence-corrected chi connectivity index (χ1v) is 7.75. The van der Waals surface area contributed by atoms with Gasteiger partial charge in [0.1, 0.15) is 5.75 Å². The van der Waals surface area contributed by atoms with Gasteiger partial charge in [-0.05, 0) is 42.8 Å². The summed E-state index contributed by atoms with van der Waals surface area (Å²) in [5.41, 5.74) is 2.79. The molecular formula is C17H19NOS. The summed E-state index contributed by atoms with van der Waals surface area (Å²) in [5.74, 6) is 0.908. The Bertz CT molecular complexity index is 557. The van der Waals surface area contributed by atoms with Gasteiger partial charge in [-0.25, -0.2) is 0 Å². The first kappa shape index (κ1) is 13.5. The zero-order valence-electron chi connectivity index (χ0n) is 11.8. The number of ether oxygens (including phenoxy) is 1. The lowest BCUT2D eigenvalue weighted by Gasteiger charge is -2.23. The van der Waals surface area contributed by atoms with Crippen molar-refractivity contribution in [2.24, 2.45) is 0 Å². The van der Waals surface area contributed by atoms with Gasteiger partial charge in [0.05, 0.1) is 7.11 Å². The first-order valence-electron chi connectivity index (χ1n) is 6.87. The molecule has 0 aliphatic carbocycles. The van der Waals surface area contributed by atoms with Crippen LogP contribution in [0.2, 0.25) is 0 Å². The molecule has 0 bridgehead atoms. The standard InChI is InChI=1S/C17H19NOS/c1-18-17(12-7-9-14(19-2)10-8-12)16-11-13-5-3-4-6-15(13)20-16/h3-10,16-18H,11H2,1-2H3. The van der Waals surface area contributed by atoms with Crippen LogP contribution in [-0.2, 0) is 6.42 Å². The van der Waals surface area contributed by atoms with Crippen LogP contribution in [0.5, 0.6) is 5.75 Å². The number of fused-ring (bicyclic) bond motifs is 1. The third-order valence-corrected chi connectivity index (χ3v) is 5.22. The summed E-state index contributed by atoms with van der Waals surface area (Å²) in [7, 11) is 3.74. The van der Waals surface area contributed by atoms with Crippen molar-refractivity contribution < 1.29 is 4.74 Å². The highest BCUT2D eigenvalue weighted by atomic mass is 32.2. The van der Waals surface area contributed by atoms with Gasteiger partial charge >= 0.3 is 0 Å². The van der Waals surface area contributed by atoms with E-state index in [1.165, 1.54) is 16.0 Å². The van der Waals surface area contributed by atoms with Gasteiger partial charge in [-0.3, -0.25) is 0 Å². The molecule has 1 aliphatic heterocycles. The molecule has 2 unspecified atom stereocenters. The molecule has 0 amide bonds. The lowest BCUT2D eigenvalue weighted by atomic mass is 9.99. The summed E-state index contributed by atoms with van der Waals surface area (Å²) in [4.78, 5) is 1.42. The topological polar surface area (TPSA) is 21.3 Å². The fraction of sp³-hybridized carbons (Fsp3) is 0.294. The Morgan fingerprint density at radius 1 is 1.15 bits per heavy atom. The minimum Gasteiger partial charge on any atom is -0.497 e. The second-order valence-electron chi connectivity index (χ2n) is 5.01. The SMILES string of the molecule is CNC(c1ccc(OC)cc1)C1Cc2ccccc2S1. The quantitative estimate of drug-likeness (QED) is 0.926. The Morgan fingerprint density at radius 2 is 1.90 bits per heavy atom. The fourth-order valence-electron chi connectivity index (χ4n) is 2.77. The van der Waals surface area contributed by atoms with Crippen molar-refractivity contribution in [2.75, 3.05) is 14.2 Å². The maximum absolute atomic E-state index is 5.23. The van der Waals surface area contributed by atoms with Crippen LogP contribution >= 0.6 is 11.8 Å². The molecular weight excluding hydrogens is 266 g/mol. The molecule has 1 aliphatic rings. The summed E-state index contributed by atoms with van der Waals surface area (Å²) < 4.78 is 5.23. The summed E-state index contributed by atoms with van der Waals surface area (Å²) in [6.07, 6.45) is 1.12. The molecule has 2 aromatic rings. The zero-order valence-corrected chi connectivity index (χ0v) is 12.6. The van der Waals surface area contributed by atoms with Crippen molar-refractivity contribution in [2.45, 2.75) is 22.6 Å². The number of hydrogen-bond acceptors (Lipinski definition) is 3. The van der Waals surface area contributed by atoms with Crippen molar-refractivity contribution in [1.29, 1.82) is 0 Å². The third-order valence-electron chi connectivity index (χ3n) is 3.83. The molecule has 2 nitrogen and oxygen atoms in total. The first-order chi connectivity index (χ1) is 9.81. The van der Waals surface area contributed by atoms with E-state index in [4.69, 9.17) is 4.74 Å². The average molecular weight is 285 g/mol. The van der Waals surface area contributed by atoms with Crippen LogP contribution in [0.4, 0.5) is 0 Å². The fourth-order valence-corrected chi connectivity index (χ4v) is 4.25. The van der Waals surface area contributed by atoms with E-state index in [1.54, 1.807) is 7.11 Å². The lowest BCUT2D eigenvalue weighted by Crippen LogP contribution is -2.27. The molecule has 0 aromatic heterocycles.